The molecule has 3 N–H and O–H groups in total. The molecule has 0 aliphatic rings. The van der Waals surface area contributed by atoms with Crippen LogP contribution in [0.1, 0.15) is 16.8 Å². The van der Waals surface area contributed by atoms with Gasteiger partial charge in [0.05, 0.1) is 12.2 Å². The Hall–Kier alpha value is -1.90. The number of halogens is 1. The van der Waals surface area contributed by atoms with Crippen LogP contribution in [0.25, 0.3) is 0 Å². The Bertz CT molecular complexity index is 664. The summed E-state index contributed by atoms with van der Waals surface area (Å²) in [7, 11) is 3.80. The maximum atomic E-state index is 5.94. The van der Waals surface area contributed by atoms with E-state index in [0.717, 1.165) is 11.4 Å². The third-order valence-electron chi connectivity index (χ3n) is 3.01. The van der Waals surface area contributed by atoms with Gasteiger partial charge in [-0.05, 0) is 43.2 Å². The molecular formula is C16H23IN6. The minimum atomic E-state index is 0. The lowest BCUT2D eigenvalue weighted by Crippen LogP contribution is -2.22. The minimum Gasteiger partial charge on any atom is -0.370 e. The molecule has 0 saturated carbocycles. The normalized spacial score (nSPS) is 10.9. The number of nitrogens with two attached hydrogens (primary N) is 1. The van der Waals surface area contributed by atoms with Gasteiger partial charge in [-0.1, -0.05) is 6.07 Å². The van der Waals surface area contributed by atoms with Crippen LogP contribution >= 0.6 is 24.0 Å². The number of hydrogen-bond acceptors (Lipinski definition) is 4. The van der Waals surface area contributed by atoms with Gasteiger partial charge in [-0.2, -0.15) is 0 Å². The van der Waals surface area contributed by atoms with E-state index in [1.165, 1.54) is 11.1 Å². The lowest BCUT2D eigenvalue weighted by Gasteiger charge is -2.10. The van der Waals surface area contributed by atoms with E-state index in [1.807, 2.05) is 37.2 Å². The summed E-state index contributed by atoms with van der Waals surface area (Å²) < 4.78 is 0. The monoisotopic (exact) mass is 426 g/mol. The topological polar surface area (TPSA) is 79.4 Å². The van der Waals surface area contributed by atoms with Gasteiger partial charge in [0.1, 0.15) is 0 Å². The Balaban J connectivity index is 0.00000264. The highest BCUT2D eigenvalue weighted by Gasteiger charge is 2.02. The molecule has 23 heavy (non-hydrogen) atoms. The first-order chi connectivity index (χ1) is 10.4. The first-order valence-corrected chi connectivity index (χ1v) is 7.08. The molecule has 0 bridgehead atoms. The van der Waals surface area contributed by atoms with Crippen molar-refractivity contribution >= 4 is 41.6 Å². The molecule has 124 valence electrons. The van der Waals surface area contributed by atoms with Crippen LogP contribution in [0, 0.1) is 13.8 Å². The van der Waals surface area contributed by atoms with Gasteiger partial charge >= 0.3 is 0 Å². The third-order valence-corrected chi connectivity index (χ3v) is 3.01. The second-order valence-corrected chi connectivity index (χ2v) is 5.45. The Labute approximate surface area is 154 Å². The van der Waals surface area contributed by atoms with E-state index in [9.17, 15) is 0 Å². The summed E-state index contributed by atoms with van der Waals surface area (Å²) in [5, 5.41) is 3.11. The molecule has 0 atom stereocenters. The van der Waals surface area contributed by atoms with E-state index in [0.29, 0.717) is 18.5 Å². The second-order valence-electron chi connectivity index (χ2n) is 5.45. The molecule has 0 spiro atoms. The number of rotatable bonds is 4. The highest BCUT2D eigenvalue weighted by atomic mass is 127. The summed E-state index contributed by atoms with van der Waals surface area (Å²) >= 11 is 0. The van der Waals surface area contributed by atoms with Gasteiger partial charge in [-0.25, -0.2) is 15.0 Å². The van der Waals surface area contributed by atoms with Crippen molar-refractivity contribution in [1.29, 1.82) is 0 Å². The van der Waals surface area contributed by atoms with Crippen molar-refractivity contribution in [2.24, 2.45) is 10.7 Å². The molecule has 7 heteroatoms. The average molecular weight is 426 g/mol. The van der Waals surface area contributed by atoms with Gasteiger partial charge in [-0.15, -0.1) is 24.0 Å². The van der Waals surface area contributed by atoms with Crippen LogP contribution in [0.3, 0.4) is 0 Å². The molecule has 0 radical (unpaired) electrons. The van der Waals surface area contributed by atoms with Crippen LogP contribution in [0.4, 0.5) is 11.6 Å². The summed E-state index contributed by atoms with van der Waals surface area (Å²) in [6.45, 7) is 4.51. The third kappa shape index (κ3) is 6.01. The molecular weight excluding hydrogens is 403 g/mol. The first kappa shape index (κ1) is 19.1. The van der Waals surface area contributed by atoms with Crippen LogP contribution in [0.2, 0.25) is 0 Å². The summed E-state index contributed by atoms with van der Waals surface area (Å²) in [5.74, 6) is 1.03. The van der Waals surface area contributed by atoms with Crippen LogP contribution in [0.5, 0.6) is 0 Å². The molecule has 0 fully saturated rings. The number of anilines is 2. The maximum absolute atomic E-state index is 5.94. The predicted octanol–water partition coefficient (Wildman–Crippen LogP) is 2.70. The largest absolute Gasteiger partial charge is 0.370 e. The van der Waals surface area contributed by atoms with E-state index in [2.05, 4.69) is 40.2 Å². The fourth-order valence-corrected chi connectivity index (χ4v) is 2.09. The average Bonchev–Trinajstić information content (AvgIpc) is 2.44. The second kappa shape index (κ2) is 8.66. The van der Waals surface area contributed by atoms with Crippen molar-refractivity contribution in [3.63, 3.8) is 0 Å². The Morgan fingerprint density at radius 2 is 1.87 bits per heavy atom. The molecule has 6 nitrogen and oxygen atoms in total. The van der Waals surface area contributed by atoms with E-state index < -0.39 is 0 Å². The zero-order chi connectivity index (χ0) is 16.1. The Kier molecular flexibility index (Phi) is 7.21. The summed E-state index contributed by atoms with van der Waals surface area (Å²) in [4.78, 5) is 14.8. The molecule has 0 aliphatic heterocycles. The lowest BCUT2D eigenvalue weighted by molar-refractivity contribution is 0.921. The van der Waals surface area contributed by atoms with Crippen molar-refractivity contribution in [2.75, 3.05) is 24.3 Å². The maximum Gasteiger partial charge on any atom is 0.225 e. The SMILES string of the molecule is Cc1cc(C)cc(NC(N)=NCc2ccnc(N(C)C)n2)c1.I. The van der Waals surface area contributed by atoms with Crippen LogP contribution < -0.4 is 16.0 Å². The molecule has 1 aromatic carbocycles. The highest BCUT2D eigenvalue weighted by molar-refractivity contribution is 14.0. The highest BCUT2D eigenvalue weighted by Crippen LogP contribution is 2.13. The zero-order valence-corrected chi connectivity index (χ0v) is 16.2. The zero-order valence-electron chi connectivity index (χ0n) is 13.9. The number of benzene rings is 1. The number of aromatic nitrogens is 2. The fourth-order valence-electron chi connectivity index (χ4n) is 2.09. The van der Waals surface area contributed by atoms with Crippen LogP contribution in [0.15, 0.2) is 35.5 Å². The molecule has 1 heterocycles. The van der Waals surface area contributed by atoms with Gasteiger partial charge in [0.15, 0.2) is 5.96 Å². The molecule has 0 saturated heterocycles. The Morgan fingerprint density at radius 1 is 1.22 bits per heavy atom. The molecule has 1 aromatic heterocycles. The number of aryl methyl sites for hydroxylation is 2. The van der Waals surface area contributed by atoms with E-state index in [1.54, 1.807) is 6.20 Å². The van der Waals surface area contributed by atoms with Gasteiger partial charge in [0.2, 0.25) is 5.95 Å². The van der Waals surface area contributed by atoms with Crippen molar-refractivity contribution < 1.29 is 0 Å². The molecule has 2 aromatic rings. The Morgan fingerprint density at radius 3 is 2.48 bits per heavy atom. The first-order valence-electron chi connectivity index (χ1n) is 7.08. The molecule has 0 unspecified atom stereocenters. The van der Waals surface area contributed by atoms with Crippen molar-refractivity contribution in [2.45, 2.75) is 20.4 Å². The number of hydrogen-bond donors (Lipinski definition) is 2. The van der Waals surface area contributed by atoms with Crippen LogP contribution in [-0.4, -0.2) is 30.0 Å². The number of nitrogens with one attached hydrogen (secondary N) is 1. The van der Waals surface area contributed by atoms with E-state index in [-0.39, 0.29) is 24.0 Å². The van der Waals surface area contributed by atoms with Crippen molar-refractivity contribution in [1.82, 2.24) is 9.97 Å². The van der Waals surface area contributed by atoms with Crippen molar-refractivity contribution in [3.05, 3.63) is 47.3 Å². The lowest BCUT2D eigenvalue weighted by atomic mass is 10.1. The van der Waals surface area contributed by atoms with Crippen LogP contribution in [-0.2, 0) is 6.54 Å². The number of guanidine groups is 1. The van der Waals surface area contributed by atoms with Gasteiger partial charge in [0, 0.05) is 26.0 Å². The molecule has 2 rings (SSSR count). The quantitative estimate of drug-likeness (QED) is 0.447. The fraction of sp³-hybridized carbons (Fsp3) is 0.312. The summed E-state index contributed by atoms with van der Waals surface area (Å²) in [6.07, 6.45) is 1.72. The molecule has 0 amide bonds. The predicted molar refractivity (Wildman–Crippen MR) is 107 cm³/mol. The van der Waals surface area contributed by atoms with Crippen molar-refractivity contribution in [3.8, 4) is 0 Å². The van der Waals surface area contributed by atoms with Gasteiger partial charge in [0.25, 0.3) is 0 Å². The van der Waals surface area contributed by atoms with E-state index >= 15 is 0 Å². The standard InChI is InChI=1S/C16H22N6.HI/c1-11-7-12(2)9-14(8-11)20-15(17)19-10-13-5-6-18-16(21-13)22(3)4;/h5-9H,10H2,1-4H3,(H3,17,19,20);1H. The smallest absolute Gasteiger partial charge is 0.225 e. The van der Waals surface area contributed by atoms with E-state index in [4.69, 9.17) is 5.73 Å². The molecule has 0 aliphatic carbocycles. The van der Waals surface area contributed by atoms with Gasteiger partial charge < -0.3 is 16.0 Å². The summed E-state index contributed by atoms with van der Waals surface area (Å²) in [6, 6.07) is 8.01. The number of aliphatic imine (C=N–C) groups is 1. The summed E-state index contributed by atoms with van der Waals surface area (Å²) in [5.41, 5.74) is 10.1. The minimum absolute atomic E-state index is 0. The number of nitrogens with zero attached hydrogens (tertiary/aromatic N) is 4. The van der Waals surface area contributed by atoms with Gasteiger partial charge in [-0.3, -0.25) is 0 Å².